The van der Waals surface area contributed by atoms with Gasteiger partial charge >= 0.3 is 0 Å². The first-order chi connectivity index (χ1) is 14.5. The van der Waals surface area contributed by atoms with Crippen molar-refractivity contribution in [1.82, 2.24) is 14.8 Å². The number of para-hydroxylation sites is 2. The standard InChI is InChI=1S/C24H22F2N4/c1-17(2)16-29-23(21-14-13-18(25)15-22(21)26)27-24(28-29)30(19-9-5-3-6-10-19)20-11-7-4-8-12-20/h3-15,17H,16H2,1-2H3. The molecule has 4 nitrogen and oxygen atoms in total. The minimum absolute atomic E-state index is 0.219. The highest BCUT2D eigenvalue weighted by Gasteiger charge is 2.22. The minimum Gasteiger partial charge on any atom is -0.278 e. The quantitative estimate of drug-likeness (QED) is 0.375. The molecule has 1 heterocycles. The van der Waals surface area contributed by atoms with Crippen LogP contribution in [0.4, 0.5) is 26.1 Å². The van der Waals surface area contributed by atoms with Gasteiger partial charge in [0, 0.05) is 24.0 Å². The highest BCUT2D eigenvalue weighted by molar-refractivity contribution is 5.73. The van der Waals surface area contributed by atoms with Crippen molar-refractivity contribution in [3.05, 3.63) is 90.5 Å². The van der Waals surface area contributed by atoms with Crippen molar-refractivity contribution in [2.45, 2.75) is 20.4 Å². The number of hydrogen-bond donors (Lipinski definition) is 0. The summed E-state index contributed by atoms with van der Waals surface area (Å²) < 4.78 is 29.7. The molecule has 3 aromatic carbocycles. The van der Waals surface area contributed by atoms with Gasteiger partial charge in [0.2, 0.25) is 0 Å². The lowest BCUT2D eigenvalue weighted by Gasteiger charge is -2.21. The third-order valence-corrected chi connectivity index (χ3v) is 4.60. The molecule has 1 aromatic heterocycles. The maximum atomic E-state index is 14.6. The summed E-state index contributed by atoms with van der Waals surface area (Å²) in [4.78, 5) is 6.61. The summed E-state index contributed by atoms with van der Waals surface area (Å²) >= 11 is 0. The molecule has 0 amide bonds. The van der Waals surface area contributed by atoms with Crippen LogP contribution in [0.25, 0.3) is 11.4 Å². The smallest absolute Gasteiger partial charge is 0.254 e. The second kappa shape index (κ2) is 8.45. The predicted molar refractivity (Wildman–Crippen MR) is 115 cm³/mol. The van der Waals surface area contributed by atoms with Crippen molar-refractivity contribution in [2.75, 3.05) is 4.90 Å². The van der Waals surface area contributed by atoms with E-state index < -0.39 is 11.6 Å². The Hall–Kier alpha value is -3.54. The first kappa shape index (κ1) is 19.8. The van der Waals surface area contributed by atoms with Gasteiger partial charge in [-0.05, 0) is 42.3 Å². The summed E-state index contributed by atoms with van der Waals surface area (Å²) in [5.74, 6) is -0.227. The van der Waals surface area contributed by atoms with Gasteiger partial charge in [-0.15, -0.1) is 5.10 Å². The zero-order valence-corrected chi connectivity index (χ0v) is 16.8. The van der Waals surface area contributed by atoms with Crippen molar-refractivity contribution < 1.29 is 8.78 Å². The summed E-state index contributed by atoms with van der Waals surface area (Å²) in [7, 11) is 0. The Morgan fingerprint density at radius 2 is 1.47 bits per heavy atom. The molecule has 0 fully saturated rings. The van der Waals surface area contributed by atoms with Crippen molar-refractivity contribution >= 4 is 17.3 Å². The monoisotopic (exact) mass is 404 g/mol. The molecule has 0 spiro atoms. The van der Waals surface area contributed by atoms with Gasteiger partial charge in [-0.25, -0.2) is 13.5 Å². The van der Waals surface area contributed by atoms with Crippen LogP contribution >= 0.6 is 0 Å². The van der Waals surface area contributed by atoms with E-state index >= 15 is 0 Å². The average Bonchev–Trinajstić information content (AvgIpc) is 3.12. The Balaban J connectivity index is 1.89. The van der Waals surface area contributed by atoms with Gasteiger partial charge in [0.25, 0.3) is 5.95 Å². The number of anilines is 3. The van der Waals surface area contributed by atoms with Crippen LogP contribution in [0.5, 0.6) is 0 Å². The third-order valence-electron chi connectivity index (χ3n) is 4.60. The molecule has 30 heavy (non-hydrogen) atoms. The molecular formula is C24H22F2N4. The molecule has 0 saturated carbocycles. The molecule has 4 rings (SSSR count). The van der Waals surface area contributed by atoms with E-state index in [-0.39, 0.29) is 11.5 Å². The van der Waals surface area contributed by atoms with Crippen LogP contribution in [0.1, 0.15) is 13.8 Å². The highest BCUT2D eigenvalue weighted by Crippen LogP contribution is 2.34. The Morgan fingerprint density at radius 1 is 0.867 bits per heavy atom. The van der Waals surface area contributed by atoms with Gasteiger partial charge in [-0.2, -0.15) is 4.98 Å². The van der Waals surface area contributed by atoms with Crippen LogP contribution in [-0.4, -0.2) is 14.8 Å². The molecule has 0 aliphatic rings. The Labute approximate surface area is 174 Å². The molecule has 0 radical (unpaired) electrons. The molecule has 6 heteroatoms. The predicted octanol–water partition coefficient (Wildman–Crippen LogP) is 6.35. The van der Waals surface area contributed by atoms with Crippen LogP contribution < -0.4 is 4.90 Å². The van der Waals surface area contributed by atoms with Crippen LogP contribution in [0, 0.1) is 17.6 Å². The number of hydrogen-bond acceptors (Lipinski definition) is 3. The van der Waals surface area contributed by atoms with Gasteiger partial charge in [0.15, 0.2) is 5.82 Å². The van der Waals surface area contributed by atoms with Crippen LogP contribution in [-0.2, 0) is 6.54 Å². The van der Waals surface area contributed by atoms with Gasteiger partial charge < -0.3 is 0 Å². The second-order valence-corrected chi connectivity index (χ2v) is 7.44. The van der Waals surface area contributed by atoms with Gasteiger partial charge in [0.1, 0.15) is 11.6 Å². The molecule has 0 unspecified atom stereocenters. The van der Waals surface area contributed by atoms with E-state index in [4.69, 9.17) is 10.1 Å². The Bertz CT molecular complexity index is 1090. The number of halogens is 2. The van der Waals surface area contributed by atoms with Crippen LogP contribution in [0.15, 0.2) is 78.9 Å². The lowest BCUT2D eigenvalue weighted by molar-refractivity contribution is 0.485. The normalized spacial score (nSPS) is 11.1. The summed E-state index contributed by atoms with van der Waals surface area (Å²) in [6.45, 7) is 4.66. The molecule has 0 N–H and O–H groups in total. The molecule has 0 aliphatic heterocycles. The fraction of sp³-hybridized carbons (Fsp3) is 0.167. The largest absolute Gasteiger partial charge is 0.278 e. The lowest BCUT2D eigenvalue weighted by atomic mass is 10.2. The van der Waals surface area contributed by atoms with Crippen LogP contribution in [0.2, 0.25) is 0 Å². The first-order valence-corrected chi connectivity index (χ1v) is 9.83. The van der Waals surface area contributed by atoms with E-state index in [0.29, 0.717) is 18.3 Å². The second-order valence-electron chi connectivity index (χ2n) is 7.44. The Kier molecular flexibility index (Phi) is 5.57. The maximum Gasteiger partial charge on any atom is 0.254 e. The van der Waals surface area contributed by atoms with Gasteiger partial charge in [-0.1, -0.05) is 50.2 Å². The third kappa shape index (κ3) is 4.08. The topological polar surface area (TPSA) is 34.0 Å². The molecule has 0 saturated heterocycles. The maximum absolute atomic E-state index is 14.6. The van der Waals surface area contributed by atoms with Crippen molar-refractivity contribution in [3.8, 4) is 11.4 Å². The van der Waals surface area contributed by atoms with E-state index in [9.17, 15) is 8.78 Å². The summed E-state index contributed by atoms with van der Waals surface area (Å²) in [6, 6.07) is 23.0. The molecule has 0 aliphatic carbocycles. The van der Waals surface area contributed by atoms with E-state index in [1.807, 2.05) is 65.6 Å². The SMILES string of the molecule is CC(C)Cn1nc(N(c2ccccc2)c2ccccc2)nc1-c1ccc(F)cc1F. The van der Waals surface area contributed by atoms with Crippen molar-refractivity contribution in [3.63, 3.8) is 0 Å². The molecule has 152 valence electrons. The van der Waals surface area contributed by atoms with E-state index in [2.05, 4.69) is 13.8 Å². The van der Waals surface area contributed by atoms with Gasteiger partial charge in [-0.3, -0.25) is 4.90 Å². The fourth-order valence-electron chi connectivity index (χ4n) is 3.30. The summed E-state index contributed by atoms with van der Waals surface area (Å²) in [6.07, 6.45) is 0. The molecular weight excluding hydrogens is 382 g/mol. The van der Waals surface area contributed by atoms with E-state index in [1.54, 1.807) is 4.68 Å². The minimum atomic E-state index is -0.662. The van der Waals surface area contributed by atoms with Crippen molar-refractivity contribution in [1.29, 1.82) is 0 Å². The van der Waals surface area contributed by atoms with Crippen LogP contribution in [0.3, 0.4) is 0 Å². The average molecular weight is 404 g/mol. The number of rotatable bonds is 6. The molecule has 0 bridgehead atoms. The lowest BCUT2D eigenvalue weighted by Crippen LogP contribution is -2.13. The van der Waals surface area contributed by atoms with Crippen molar-refractivity contribution in [2.24, 2.45) is 5.92 Å². The first-order valence-electron chi connectivity index (χ1n) is 9.83. The van der Waals surface area contributed by atoms with E-state index in [1.165, 1.54) is 12.1 Å². The zero-order chi connectivity index (χ0) is 21.1. The van der Waals surface area contributed by atoms with E-state index in [0.717, 1.165) is 17.4 Å². The number of nitrogens with zero attached hydrogens (tertiary/aromatic N) is 4. The zero-order valence-electron chi connectivity index (χ0n) is 16.8. The molecule has 0 atom stereocenters. The summed E-state index contributed by atoms with van der Waals surface area (Å²) in [5.41, 5.74) is 1.99. The number of aromatic nitrogens is 3. The summed E-state index contributed by atoms with van der Waals surface area (Å²) in [5, 5.41) is 4.71. The fourth-order valence-corrected chi connectivity index (χ4v) is 3.30. The number of benzene rings is 3. The highest BCUT2D eigenvalue weighted by atomic mass is 19.1. The molecule has 4 aromatic rings. The Morgan fingerprint density at radius 3 is 2.00 bits per heavy atom. The van der Waals surface area contributed by atoms with Gasteiger partial charge in [0.05, 0.1) is 5.56 Å².